The van der Waals surface area contributed by atoms with Crippen molar-refractivity contribution in [3.8, 4) is 0 Å². The summed E-state index contributed by atoms with van der Waals surface area (Å²) in [7, 11) is 0. The predicted molar refractivity (Wildman–Crippen MR) is 192 cm³/mol. The Hall–Kier alpha value is -6.55. The highest BCUT2D eigenvalue weighted by molar-refractivity contribution is 6.08. The first-order valence-electron chi connectivity index (χ1n) is 16.2. The third-order valence-corrected chi connectivity index (χ3v) is 7.74. The number of amides is 4. The van der Waals surface area contributed by atoms with Gasteiger partial charge in [0.2, 0.25) is 17.7 Å². The van der Waals surface area contributed by atoms with Gasteiger partial charge in [-0.05, 0) is 65.1 Å². The maximum absolute atomic E-state index is 12.7. The van der Waals surface area contributed by atoms with E-state index < -0.39 is 30.6 Å². The van der Waals surface area contributed by atoms with E-state index in [4.69, 9.17) is 26.5 Å². The van der Waals surface area contributed by atoms with Gasteiger partial charge in [0.05, 0.1) is 6.42 Å². The number of alkyl halides is 3. The summed E-state index contributed by atoms with van der Waals surface area (Å²) in [6.45, 7) is 2.49. The largest absolute Gasteiger partial charge is 0.490 e. The van der Waals surface area contributed by atoms with Crippen LogP contribution < -0.4 is 26.6 Å². The molecule has 0 atom stereocenters. The van der Waals surface area contributed by atoms with E-state index in [2.05, 4.69) is 5.32 Å². The average Bonchev–Trinajstić information content (AvgIpc) is 3.57. The molecule has 1 aliphatic heterocycles. The summed E-state index contributed by atoms with van der Waals surface area (Å²) < 4.78 is 31.7. The first kappa shape index (κ1) is 41.9. The molecule has 4 aromatic rings. The first-order valence-corrected chi connectivity index (χ1v) is 16.2. The molecular formula is C38H38F3N5O8. The van der Waals surface area contributed by atoms with Crippen molar-refractivity contribution in [1.82, 2.24) is 5.32 Å². The van der Waals surface area contributed by atoms with Crippen molar-refractivity contribution >= 4 is 46.9 Å². The van der Waals surface area contributed by atoms with Crippen LogP contribution in [0.3, 0.4) is 0 Å². The number of carbonyl (C=O) groups excluding carboxylic acids is 4. The van der Waals surface area contributed by atoms with Gasteiger partial charge in [0, 0.05) is 49.1 Å². The summed E-state index contributed by atoms with van der Waals surface area (Å²) in [6.07, 6.45) is -4.03. The van der Waals surface area contributed by atoms with Crippen LogP contribution in [-0.4, -0.2) is 65.0 Å². The summed E-state index contributed by atoms with van der Waals surface area (Å²) in [5.74, 6) is -4.78. The Morgan fingerprint density at radius 2 is 1.44 bits per heavy atom. The number of hydrogen-bond acceptors (Lipinski definition) is 7. The quantitative estimate of drug-likeness (QED) is 0.158. The number of carboxylic acids is 2. The minimum absolute atomic E-state index is 0.0139. The van der Waals surface area contributed by atoms with Crippen molar-refractivity contribution < 1.29 is 52.2 Å². The number of carboxylic acid groups (broad SMARTS) is 2. The molecule has 54 heavy (non-hydrogen) atoms. The van der Waals surface area contributed by atoms with Gasteiger partial charge in [-0.25, -0.2) is 4.79 Å². The Kier molecular flexibility index (Phi) is 15.0. The Labute approximate surface area is 308 Å². The van der Waals surface area contributed by atoms with Crippen LogP contribution in [0.2, 0.25) is 0 Å². The number of para-hydroxylation sites is 1. The fraction of sp³-hybridized carbons (Fsp3) is 0.211. The Balaban J connectivity index is 0.000000251. The smallest absolute Gasteiger partial charge is 0.480 e. The molecule has 0 saturated carbocycles. The Morgan fingerprint density at radius 1 is 0.815 bits per heavy atom. The van der Waals surface area contributed by atoms with Crippen LogP contribution in [0, 0.1) is 0 Å². The molecule has 0 aliphatic carbocycles. The molecule has 4 amide bonds. The molecular weight excluding hydrogens is 711 g/mol. The van der Waals surface area contributed by atoms with Crippen LogP contribution in [-0.2, 0) is 45.1 Å². The highest BCUT2D eigenvalue weighted by Gasteiger charge is 2.38. The normalized spacial score (nSPS) is 11.5. The molecule has 4 aromatic carbocycles. The van der Waals surface area contributed by atoms with E-state index in [1.165, 1.54) is 11.8 Å². The number of primary amides is 1. The topological polar surface area (TPSA) is 213 Å². The van der Waals surface area contributed by atoms with Crippen molar-refractivity contribution in [1.29, 1.82) is 0 Å². The van der Waals surface area contributed by atoms with Crippen LogP contribution in [0.4, 0.5) is 24.5 Å². The third kappa shape index (κ3) is 12.6. The lowest BCUT2D eigenvalue weighted by molar-refractivity contribution is -0.192. The molecule has 1 aliphatic rings. The van der Waals surface area contributed by atoms with E-state index >= 15 is 0 Å². The van der Waals surface area contributed by atoms with Crippen molar-refractivity contribution in [2.45, 2.75) is 39.0 Å². The van der Waals surface area contributed by atoms with E-state index in [0.29, 0.717) is 36.4 Å². The number of hydrogen-bond donors (Lipinski definition) is 5. The number of rotatable bonds is 10. The molecule has 13 nitrogen and oxygen atoms in total. The molecule has 7 N–H and O–H groups in total. The van der Waals surface area contributed by atoms with Gasteiger partial charge in [-0.1, -0.05) is 60.7 Å². The molecule has 1 heterocycles. The molecule has 0 unspecified atom stereocenters. The van der Waals surface area contributed by atoms with Gasteiger partial charge in [-0.3, -0.25) is 28.9 Å². The fourth-order valence-electron chi connectivity index (χ4n) is 5.07. The number of benzene rings is 4. The van der Waals surface area contributed by atoms with Crippen LogP contribution in [0.5, 0.6) is 0 Å². The van der Waals surface area contributed by atoms with Crippen LogP contribution >= 0.6 is 0 Å². The van der Waals surface area contributed by atoms with Crippen molar-refractivity contribution in [2.24, 2.45) is 11.5 Å². The van der Waals surface area contributed by atoms with Gasteiger partial charge >= 0.3 is 18.1 Å². The highest BCUT2D eigenvalue weighted by atomic mass is 19.4. The number of nitrogens with two attached hydrogens (primary N) is 2. The number of fused-ring (bicyclic) bond motifs is 1. The lowest BCUT2D eigenvalue weighted by atomic mass is 10.1. The SMILES string of the molecule is CC(=O)NCc1ccc(CC(=O)N2CCc3ccc(C(N)=O)cc32)cc1.NCc1cccc(C(=O)N(CC(=O)O)c2ccccc2)c1.O=C(O)C(F)(F)F. The van der Waals surface area contributed by atoms with Crippen LogP contribution in [0.25, 0.3) is 0 Å². The number of anilines is 2. The van der Waals surface area contributed by atoms with Gasteiger partial charge < -0.3 is 31.9 Å². The van der Waals surface area contributed by atoms with Gasteiger partial charge in [0.1, 0.15) is 6.54 Å². The van der Waals surface area contributed by atoms with E-state index in [0.717, 1.165) is 34.4 Å². The molecule has 16 heteroatoms. The zero-order valence-corrected chi connectivity index (χ0v) is 29.0. The lowest BCUT2D eigenvalue weighted by Crippen LogP contribution is -2.35. The van der Waals surface area contributed by atoms with E-state index in [1.54, 1.807) is 59.5 Å². The van der Waals surface area contributed by atoms with Crippen molar-refractivity contribution in [3.05, 3.63) is 130 Å². The molecule has 0 aromatic heterocycles. The molecule has 284 valence electrons. The maximum Gasteiger partial charge on any atom is 0.490 e. The molecule has 0 spiro atoms. The van der Waals surface area contributed by atoms with E-state index in [9.17, 15) is 37.1 Å². The van der Waals surface area contributed by atoms with Gasteiger partial charge in [0.25, 0.3) is 5.91 Å². The maximum atomic E-state index is 12.7. The Morgan fingerprint density at radius 3 is 2.00 bits per heavy atom. The van der Waals surface area contributed by atoms with Gasteiger partial charge in [-0.2, -0.15) is 13.2 Å². The zero-order valence-electron chi connectivity index (χ0n) is 29.0. The van der Waals surface area contributed by atoms with E-state index in [1.807, 2.05) is 42.5 Å². The first-order chi connectivity index (χ1) is 25.5. The summed E-state index contributed by atoms with van der Waals surface area (Å²) >= 11 is 0. The van der Waals surface area contributed by atoms with Crippen LogP contribution in [0.1, 0.15) is 49.9 Å². The van der Waals surface area contributed by atoms with Crippen molar-refractivity contribution in [3.63, 3.8) is 0 Å². The molecule has 0 bridgehead atoms. The second kappa shape index (κ2) is 19.3. The van der Waals surface area contributed by atoms with Gasteiger partial charge in [0.15, 0.2) is 0 Å². The minimum Gasteiger partial charge on any atom is -0.480 e. The summed E-state index contributed by atoms with van der Waals surface area (Å²) in [6, 6.07) is 28.5. The molecule has 0 fully saturated rings. The number of carbonyl (C=O) groups is 6. The lowest BCUT2D eigenvalue weighted by Gasteiger charge is -2.21. The summed E-state index contributed by atoms with van der Waals surface area (Å²) in [4.78, 5) is 70.5. The highest BCUT2D eigenvalue weighted by Crippen LogP contribution is 2.29. The fourth-order valence-corrected chi connectivity index (χ4v) is 5.07. The Bertz CT molecular complexity index is 1970. The second-order valence-electron chi connectivity index (χ2n) is 11.7. The monoisotopic (exact) mass is 749 g/mol. The van der Waals surface area contributed by atoms with Crippen molar-refractivity contribution in [2.75, 3.05) is 22.9 Å². The average molecular weight is 750 g/mol. The summed E-state index contributed by atoms with van der Waals surface area (Å²) in [5.41, 5.74) is 16.8. The standard InChI is InChI=1S/C20H21N3O3.C16H16N2O3.C2HF3O2/c1-13(24)22-12-15-4-2-14(3-5-15)10-19(25)23-9-8-16-6-7-17(20(21)26)11-18(16)23;17-10-12-5-4-6-13(9-12)16(21)18(11-15(19)20)14-7-2-1-3-8-14;3-2(4,5)1(6)7/h2-7,11H,8-10,12H2,1H3,(H2,21,26)(H,22,24);1-9H,10-11,17H2,(H,19,20);(H,6,7). The molecule has 0 radical (unpaired) electrons. The van der Waals surface area contributed by atoms with Crippen LogP contribution in [0.15, 0.2) is 97.1 Å². The molecule has 0 saturated heterocycles. The van der Waals surface area contributed by atoms with E-state index in [-0.39, 0.29) is 24.1 Å². The summed E-state index contributed by atoms with van der Waals surface area (Å²) in [5, 5.41) is 18.9. The second-order valence-corrected chi connectivity index (χ2v) is 11.7. The molecule has 5 rings (SSSR count). The number of halogens is 3. The number of nitrogens with zero attached hydrogens (tertiary/aromatic N) is 2. The zero-order chi connectivity index (χ0) is 40.0. The predicted octanol–water partition coefficient (Wildman–Crippen LogP) is 4.06. The number of aliphatic carboxylic acids is 2. The minimum atomic E-state index is -5.08. The third-order valence-electron chi connectivity index (χ3n) is 7.74. The van der Waals surface area contributed by atoms with Gasteiger partial charge in [-0.15, -0.1) is 0 Å². The number of nitrogens with one attached hydrogen (secondary N) is 1.